The number of benzene rings is 1. The minimum atomic E-state index is -0.692. The highest BCUT2D eigenvalue weighted by atomic mass is 16.5. The monoisotopic (exact) mass is 349 g/mol. The van der Waals surface area contributed by atoms with E-state index in [9.17, 15) is 9.90 Å². The standard InChI is InChI=1S/C19H27NO5/c1-11-14-7-8-15(23-6)18(17(14)25-16(11)12(2)21)24-10-13(22)9-20-19(3,4)5/h7-8,13,20,22H,9-10H2,1-6H3. The van der Waals surface area contributed by atoms with Crippen LogP contribution in [0.4, 0.5) is 0 Å². The Bertz CT molecular complexity index is 757. The van der Waals surface area contributed by atoms with Gasteiger partial charge in [0.25, 0.3) is 0 Å². The van der Waals surface area contributed by atoms with Gasteiger partial charge in [0.15, 0.2) is 22.9 Å². The SMILES string of the molecule is COc1ccc2c(C)c(C(C)=O)oc2c1OCC(O)CNC(C)(C)C. The fourth-order valence-electron chi connectivity index (χ4n) is 2.54. The Labute approximate surface area is 148 Å². The number of aliphatic hydroxyl groups is 1. The second-order valence-corrected chi connectivity index (χ2v) is 7.18. The lowest BCUT2D eigenvalue weighted by Gasteiger charge is -2.23. The Morgan fingerprint density at radius 2 is 2.04 bits per heavy atom. The van der Waals surface area contributed by atoms with Crippen molar-refractivity contribution in [2.75, 3.05) is 20.3 Å². The number of hydrogen-bond acceptors (Lipinski definition) is 6. The van der Waals surface area contributed by atoms with Gasteiger partial charge in [0.05, 0.1) is 7.11 Å². The van der Waals surface area contributed by atoms with Crippen molar-refractivity contribution in [1.29, 1.82) is 0 Å². The minimum Gasteiger partial charge on any atom is -0.493 e. The predicted octanol–water partition coefficient (Wildman–Crippen LogP) is 3.08. The summed E-state index contributed by atoms with van der Waals surface area (Å²) in [6.45, 7) is 9.86. The number of methoxy groups -OCH3 is 1. The number of ketones is 1. The average Bonchev–Trinajstić information content (AvgIpc) is 2.87. The van der Waals surface area contributed by atoms with Gasteiger partial charge in [-0.25, -0.2) is 0 Å². The minimum absolute atomic E-state index is 0.0771. The zero-order valence-corrected chi connectivity index (χ0v) is 15.7. The highest BCUT2D eigenvalue weighted by Gasteiger charge is 2.21. The molecule has 0 amide bonds. The van der Waals surface area contributed by atoms with Gasteiger partial charge in [-0.05, 0) is 39.8 Å². The lowest BCUT2D eigenvalue weighted by Crippen LogP contribution is -2.42. The summed E-state index contributed by atoms with van der Waals surface area (Å²) in [5, 5.41) is 14.2. The van der Waals surface area contributed by atoms with Crippen LogP contribution >= 0.6 is 0 Å². The van der Waals surface area contributed by atoms with Crippen LogP contribution in [0.15, 0.2) is 16.5 Å². The van der Waals surface area contributed by atoms with Crippen LogP contribution in [-0.2, 0) is 0 Å². The Morgan fingerprint density at radius 1 is 1.36 bits per heavy atom. The van der Waals surface area contributed by atoms with Gasteiger partial charge in [-0.1, -0.05) is 0 Å². The molecule has 2 aromatic rings. The number of ether oxygens (including phenoxy) is 2. The summed E-state index contributed by atoms with van der Waals surface area (Å²) in [4.78, 5) is 11.7. The maximum atomic E-state index is 11.7. The van der Waals surface area contributed by atoms with Crippen LogP contribution < -0.4 is 14.8 Å². The molecule has 1 unspecified atom stereocenters. The first kappa shape index (κ1) is 19.3. The molecular weight excluding hydrogens is 322 g/mol. The van der Waals surface area contributed by atoms with Crippen molar-refractivity contribution in [2.24, 2.45) is 0 Å². The fraction of sp³-hybridized carbons (Fsp3) is 0.526. The molecule has 0 aliphatic carbocycles. The van der Waals surface area contributed by atoms with E-state index in [0.717, 1.165) is 10.9 Å². The first-order chi connectivity index (χ1) is 11.6. The quantitative estimate of drug-likeness (QED) is 0.748. The molecular formula is C19H27NO5. The Hall–Kier alpha value is -2.05. The number of Topliss-reactive ketones (excluding diaryl/α,β-unsaturated/α-hetero) is 1. The number of aryl methyl sites for hydroxylation is 1. The molecule has 0 bridgehead atoms. The number of β-amino-alcohol motifs (C(OH)–C–C–N with tert-alkyl or cyclic N) is 1. The van der Waals surface area contributed by atoms with Crippen molar-refractivity contribution in [3.8, 4) is 11.5 Å². The van der Waals surface area contributed by atoms with Crippen molar-refractivity contribution >= 4 is 16.8 Å². The third-order valence-corrected chi connectivity index (χ3v) is 3.85. The van der Waals surface area contributed by atoms with Crippen molar-refractivity contribution in [1.82, 2.24) is 5.32 Å². The van der Waals surface area contributed by atoms with Crippen LogP contribution in [0, 0.1) is 6.92 Å². The normalized spacial score (nSPS) is 13.1. The van der Waals surface area contributed by atoms with E-state index in [0.29, 0.717) is 29.4 Å². The van der Waals surface area contributed by atoms with Gasteiger partial charge in [0.2, 0.25) is 5.75 Å². The van der Waals surface area contributed by atoms with Crippen molar-refractivity contribution in [3.63, 3.8) is 0 Å². The topological polar surface area (TPSA) is 80.9 Å². The molecule has 0 aliphatic heterocycles. The lowest BCUT2D eigenvalue weighted by molar-refractivity contribution is 0.0972. The van der Waals surface area contributed by atoms with Crippen LogP contribution in [0.1, 0.15) is 43.8 Å². The number of fused-ring (bicyclic) bond motifs is 1. The van der Waals surface area contributed by atoms with E-state index in [4.69, 9.17) is 13.9 Å². The number of hydrogen-bond donors (Lipinski definition) is 2. The Balaban J connectivity index is 2.26. The fourth-order valence-corrected chi connectivity index (χ4v) is 2.54. The van der Waals surface area contributed by atoms with Crippen molar-refractivity contribution < 1.29 is 23.8 Å². The maximum Gasteiger partial charge on any atom is 0.204 e. The Morgan fingerprint density at radius 3 is 2.60 bits per heavy atom. The molecule has 0 spiro atoms. The molecule has 0 aliphatic rings. The lowest BCUT2D eigenvalue weighted by atomic mass is 10.1. The average molecular weight is 349 g/mol. The van der Waals surface area contributed by atoms with Crippen LogP contribution in [-0.4, -0.2) is 42.8 Å². The summed E-state index contributed by atoms with van der Waals surface area (Å²) in [6.07, 6.45) is -0.692. The summed E-state index contributed by atoms with van der Waals surface area (Å²) in [7, 11) is 1.54. The van der Waals surface area contributed by atoms with Gasteiger partial charge in [-0.3, -0.25) is 4.79 Å². The van der Waals surface area contributed by atoms with Gasteiger partial charge in [0.1, 0.15) is 12.7 Å². The molecule has 1 aromatic carbocycles. The van der Waals surface area contributed by atoms with Gasteiger partial charge in [0, 0.05) is 30.0 Å². The molecule has 0 radical (unpaired) electrons. The zero-order chi connectivity index (χ0) is 18.8. The second-order valence-electron chi connectivity index (χ2n) is 7.18. The molecule has 6 heteroatoms. The molecule has 6 nitrogen and oxygen atoms in total. The van der Waals surface area contributed by atoms with E-state index in [1.807, 2.05) is 33.8 Å². The van der Waals surface area contributed by atoms with Crippen LogP contribution in [0.5, 0.6) is 11.5 Å². The first-order valence-corrected chi connectivity index (χ1v) is 8.31. The molecule has 0 saturated heterocycles. The molecule has 2 N–H and O–H groups in total. The number of nitrogens with one attached hydrogen (secondary N) is 1. The molecule has 1 atom stereocenters. The van der Waals surface area contributed by atoms with Crippen LogP contribution in [0.3, 0.4) is 0 Å². The van der Waals surface area contributed by atoms with E-state index in [2.05, 4.69) is 5.32 Å². The summed E-state index contributed by atoms with van der Waals surface area (Å²) in [5.74, 6) is 1.05. The summed E-state index contributed by atoms with van der Waals surface area (Å²) < 4.78 is 16.9. The number of rotatable bonds is 7. The van der Waals surface area contributed by atoms with Crippen molar-refractivity contribution in [3.05, 3.63) is 23.5 Å². The summed E-state index contributed by atoms with van der Waals surface area (Å²) in [5.41, 5.74) is 1.13. The number of furan rings is 1. The van der Waals surface area contributed by atoms with E-state index < -0.39 is 6.10 Å². The third kappa shape index (κ3) is 4.52. The van der Waals surface area contributed by atoms with E-state index in [1.165, 1.54) is 14.0 Å². The molecule has 2 rings (SSSR count). The zero-order valence-electron chi connectivity index (χ0n) is 15.7. The van der Waals surface area contributed by atoms with E-state index in [-0.39, 0.29) is 17.9 Å². The van der Waals surface area contributed by atoms with Gasteiger partial charge in [-0.2, -0.15) is 0 Å². The van der Waals surface area contributed by atoms with Crippen LogP contribution in [0.2, 0.25) is 0 Å². The van der Waals surface area contributed by atoms with Crippen molar-refractivity contribution in [2.45, 2.75) is 46.3 Å². The highest BCUT2D eigenvalue weighted by molar-refractivity contribution is 6.00. The molecule has 0 fully saturated rings. The predicted molar refractivity (Wildman–Crippen MR) is 96.8 cm³/mol. The van der Waals surface area contributed by atoms with Gasteiger partial charge >= 0.3 is 0 Å². The van der Waals surface area contributed by atoms with E-state index >= 15 is 0 Å². The number of aliphatic hydroxyl groups excluding tert-OH is 1. The molecule has 25 heavy (non-hydrogen) atoms. The summed E-state index contributed by atoms with van der Waals surface area (Å²) in [6, 6.07) is 3.60. The van der Waals surface area contributed by atoms with Gasteiger partial charge < -0.3 is 24.3 Å². The van der Waals surface area contributed by atoms with E-state index in [1.54, 1.807) is 6.07 Å². The highest BCUT2D eigenvalue weighted by Crippen LogP contribution is 2.39. The molecule has 138 valence electrons. The largest absolute Gasteiger partial charge is 0.493 e. The first-order valence-electron chi connectivity index (χ1n) is 8.31. The maximum absolute atomic E-state index is 11.7. The third-order valence-electron chi connectivity index (χ3n) is 3.85. The van der Waals surface area contributed by atoms with Crippen LogP contribution in [0.25, 0.3) is 11.0 Å². The smallest absolute Gasteiger partial charge is 0.204 e. The number of carbonyl (C=O) groups is 1. The summed E-state index contributed by atoms with van der Waals surface area (Å²) >= 11 is 0. The number of carbonyl (C=O) groups excluding carboxylic acids is 1. The molecule has 1 aromatic heterocycles. The van der Waals surface area contributed by atoms with Gasteiger partial charge in [-0.15, -0.1) is 0 Å². The molecule has 0 saturated carbocycles. The Kier molecular flexibility index (Phi) is 5.75. The second kappa shape index (κ2) is 7.45. The molecule has 1 heterocycles.